The molecule has 4 heteroatoms. The van der Waals surface area contributed by atoms with E-state index in [9.17, 15) is 0 Å². The Morgan fingerprint density at radius 3 is 2.90 bits per heavy atom. The molecule has 2 aromatic rings. The highest BCUT2D eigenvalue weighted by Crippen LogP contribution is 2.25. The molecule has 1 aromatic carbocycles. The number of fused-ring (bicyclic) bond motifs is 1. The van der Waals surface area contributed by atoms with Gasteiger partial charge in [0.2, 0.25) is 0 Å². The second-order valence-corrected chi connectivity index (χ2v) is 6.71. The van der Waals surface area contributed by atoms with Crippen molar-refractivity contribution in [1.82, 2.24) is 10.3 Å². The standard InChI is InChI=1S/C17H23N3S/c1-20(9-10-21-2)17-11-13(12-18-14-7-8-14)15-5-3-4-6-16(15)19-17/h3-6,11,14,18H,7-10,12H2,1-2H3. The van der Waals surface area contributed by atoms with Gasteiger partial charge in [-0.25, -0.2) is 4.98 Å². The van der Waals surface area contributed by atoms with Gasteiger partial charge in [0.15, 0.2) is 0 Å². The summed E-state index contributed by atoms with van der Waals surface area (Å²) in [4.78, 5) is 7.07. The van der Waals surface area contributed by atoms with Crippen LogP contribution in [-0.4, -0.2) is 36.6 Å². The summed E-state index contributed by atoms with van der Waals surface area (Å²) in [6.07, 6.45) is 4.79. The topological polar surface area (TPSA) is 28.2 Å². The third kappa shape index (κ3) is 3.69. The number of pyridine rings is 1. The molecule has 0 saturated heterocycles. The number of hydrogen-bond donors (Lipinski definition) is 1. The van der Waals surface area contributed by atoms with Crippen molar-refractivity contribution in [2.75, 3.05) is 30.5 Å². The van der Waals surface area contributed by atoms with Gasteiger partial charge < -0.3 is 10.2 Å². The molecule has 0 bridgehead atoms. The lowest BCUT2D eigenvalue weighted by Gasteiger charge is -2.20. The van der Waals surface area contributed by atoms with Gasteiger partial charge in [-0.1, -0.05) is 18.2 Å². The monoisotopic (exact) mass is 301 g/mol. The number of nitrogens with one attached hydrogen (secondary N) is 1. The van der Waals surface area contributed by atoms with Gasteiger partial charge in [0.25, 0.3) is 0 Å². The molecule has 1 N–H and O–H groups in total. The van der Waals surface area contributed by atoms with Crippen LogP contribution in [0.4, 0.5) is 5.82 Å². The molecule has 0 unspecified atom stereocenters. The van der Waals surface area contributed by atoms with Crippen molar-refractivity contribution >= 4 is 28.5 Å². The summed E-state index contributed by atoms with van der Waals surface area (Å²) in [6.45, 7) is 1.97. The SMILES string of the molecule is CSCCN(C)c1cc(CNC2CC2)c2ccccc2n1. The number of anilines is 1. The molecule has 112 valence electrons. The van der Waals surface area contributed by atoms with Gasteiger partial charge in [0.1, 0.15) is 5.82 Å². The Kier molecular flexibility index (Phi) is 4.66. The van der Waals surface area contributed by atoms with Crippen LogP contribution in [0.2, 0.25) is 0 Å². The molecule has 1 saturated carbocycles. The molecule has 0 aliphatic heterocycles. The van der Waals surface area contributed by atoms with Gasteiger partial charge in [0, 0.05) is 37.3 Å². The Labute approximate surface area is 131 Å². The van der Waals surface area contributed by atoms with E-state index < -0.39 is 0 Å². The van der Waals surface area contributed by atoms with E-state index in [1.54, 1.807) is 0 Å². The van der Waals surface area contributed by atoms with Gasteiger partial charge in [0.05, 0.1) is 5.52 Å². The lowest BCUT2D eigenvalue weighted by Crippen LogP contribution is -2.22. The molecule has 0 radical (unpaired) electrons. The molecular formula is C17H23N3S. The Bertz CT molecular complexity index is 610. The number of hydrogen-bond acceptors (Lipinski definition) is 4. The van der Waals surface area contributed by atoms with Crippen LogP contribution in [0.25, 0.3) is 10.9 Å². The molecule has 1 aromatic heterocycles. The van der Waals surface area contributed by atoms with E-state index in [2.05, 4.69) is 53.9 Å². The summed E-state index contributed by atoms with van der Waals surface area (Å²) in [5, 5.41) is 4.89. The minimum Gasteiger partial charge on any atom is -0.359 e. The van der Waals surface area contributed by atoms with Gasteiger partial charge in [-0.3, -0.25) is 0 Å². The van der Waals surface area contributed by atoms with Gasteiger partial charge in [-0.2, -0.15) is 11.8 Å². The number of para-hydroxylation sites is 1. The largest absolute Gasteiger partial charge is 0.359 e. The van der Waals surface area contributed by atoms with Crippen LogP contribution in [-0.2, 0) is 6.54 Å². The Morgan fingerprint density at radius 1 is 1.33 bits per heavy atom. The van der Waals surface area contributed by atoms with E-state index in [4.69, 9.17) is 4.98 Å². The first-order valence-corrected chi connectivity index (χ1v) is 8.99. The van der Waals surface area contributed by atoms with E-state index in [0.717, 1.165) is 36.2 Å². The van der Waals surface area contributed by atoms with Gasteiger partial charge >= 0.3 is 0 Å². The second-order valence-electron chi connectivity index (χ2n) is 5.73. The lowest BCUT2D eigenvalue weighted by atomic mass is 10.1. The molecule has 0 spiro atoms. The predicted molar refractivity (Wildman–Crippen MR) is 93.3 cm³/mol. The van der Waals surface area contributed by atoms with Crippen LogP contribution < -0.4 is 10.2 Å². The molecule has 1 aliphatic rings. The maximum Gasteiger partial charge on any atom is 0.129 e. The van der Waals surface area contributed by atoms with Crippen LogP contribution in [0.15, 0.2) is 30.3 Å². The molecule has 1 fully saturated rings. The van der Waals surface area contributed by atoms with E-state index in [0.29, 0.717) is 0 Å². The molecule has 1 aliphatic carbocycles. The molecular weight excluding hydrogens is 278 g/mol. The predicted octanol–water partition coefficient (Wildman–Crippen LogP) is 3.29. The van der Waals surface area contributed by atoms with Crippen molar-refractivity contribution in [1.29, 1.82) is 0 Å². The molecule has 3 rings (SSSR count). The first kappa shape index (κ1) is 14.7. The van der Waals surface area contributed by atoms with Crippen molar-refractivity contribution < 1.29 is 0 Å². The first-order valence-electron chi connectivity index (χ1n) is 7.60. The van der Waals surface area contributed by atoms with Crippen LogP contribution in [0.3, 0.4) is 0 Å². The van der Waals surface area contributed by atoms with Crippen molar-refractivity contribution in [2.45, 2.75) is 25.4 Å². The summed E-state index contributed by atoms with van der Waals surface area (Å²) in [5.41, 5.74) is 2.46. The van der Waals surface area contributed by atoms with Crippen LogP contribution in [0.5, 0.6) is 0 Å². The molecule has 21 heavy (non-hydrogen) atoms. The smallest absolute Gasteiger partial charge is 0.129 e. The summed E-state index contributed by atoms with van der Waals surface area (Å²) >= 11 is 1.87. The van der Waals surface area contributed by atoms with E-state index in [1.807, 2.05) is 11.8 Å². The Hall–Kier alpha value is -1.26. The highest BCUT2D eigenvalue weighted by atomic mass is 32.2. The number of nitrogens with zero attached hydrogens (tertiary/aromatic N) is 2. The quantitative estimate of drug-likeness (QED) is 0.849. The van der Waals surface area contributed by atoms with Crippen molar-refractivity contribution in [3.8, 4) is 0 Å². The van der Waals surface area contributed by atoms with E-state index in [-0.39, 0.29) is 0 Å². The second kappa shape index (κ2) is 6.67. The zero-order valence-electron chi connectivity index (χ0n) is 12.8. The maximum absolute atomic E-state index is 4.82. The summed E-state index contributed by atoms with van der Waals surface area (Å²) in [7, 11) is 2.13. The number of aromatic nitrogens is 1. The summed E-state index contributed by atoms with van der Waals surface area (Å²) < 4.78 is 0. The third-order valence-electron chi connectivity index (χ3n) is 3.97. The maximum atomic E-state index is 4.82. The van der Waals surface area contributed by atoms with E-state index in [1.165, 1.54) is 23.8 Å². The van der Waals surface area contributed by atoms with E-state index >= 15 is 0 Å². The molecule has 1 heterocycles. The highest BCUT2D eigenvalue weighted by Gasteiger charge is 2.20. The van der Waals surface area contributed by atoms with Crippen LogP contribution >= 0.6 is 11.8 Å². The fourth-order valence-electron chi connectivity index (χ4n) is 2.46. The Morgan fingerprint density at radius 2 is 2.14 bits per heavy atom. The zero-order valence-corrected chi connectivity index (χ0v) is 13.6. The normalized spacial score (nSPS) is 14.6. The fraction of sp³-hybridized carbons (Fsp3) is 0.471. The van der Waals surface area contributed by atoms with Crippen molar-refractivity contribution in [2.24, 2.45) is 0 Å². The Balaban J connectivity index is 1.89. The molecule has 0 atom stereocenters. The molecule has 0 amide bonds. The van der Waals surface area contributed by atoms with Crippen molar-refractivity contribution in [3.63, 3.8) is 0 Å². The first-order chi connectivity index (χ1) is 10.3. The van der Waals surface area contributed by atoms with Crippen LogP contribution in [0.1, 0.15) is 18.4 Å². The number of thioether (sulfide) groups is 1. The fourth-order valence-corrected chi connectivity index (χ4v) is 2.91. The summed E-state index contributed by atoms with van der Waals surface area (Å²) in [5.74, 6) is 2.20. The zero-order chi connectivity index (χ0) is 14.7. The third-order valence-corrected chi connectivity index (χ3v) is 4.56. The molecule has 3 nitrogen and oxygen atoms in total. The highest BCUT2D eigenvalue weighted by molar-refractivity contribution is 7.98. The van der Waals surface area contributed by atoms with Crippen LogP contribution in [0, 0.1) is 0 Å². The number of benzene rings is 1. The average molecular weight is 301 g/mol. The number of rotatable bonds is 7. The van der Waals surface area contributed by atoms with Crippen molar-refractivity contribution in [3.05, 3.63) is 35.9 Å². The minimum atomic E-state index is 0.731. The summed E-state index contributed by atoms with van der Waals surface area (Å²) in [6, 6.07) is 11.4. The average Bonchev–Trinajstić information content (AvgIpc) is 3.34. The lowest BCUT2D eigenvalue weighted by molar-refractivity contribution is 0.690. The minimum absolute atomic E-state index is 0.731. The van der Waals surface area contributed by atoms with Gasteiger partial charge in [-0.05, 0) is 36.8 Å². The van der Waals surface area contributed by atoms with Gasteiger partial charge in [-0.15, -0.1) is 0 Å².